The molecule has 140 valence electrons. The highest BCUT2D eigenvalue weighted by atomic mass is 35.5. The molecule has 0 aromatic carbocycles. The van der Waals surface area contributed by atoms with Gasteiger partial charge in [-0.3, -0.25) is 14.7 Å². The Morgan fingerprint density at radius 3 is 2.76 bits per heavy atom. The van der Waals surface area contributed by atoms with Crippen molar-refractivity contribution in [1.82, 2.24) is 19.9 Å². The van der Waals surface area contributed by atoms with Gasteiger partial charge in [0.15, 0.2) is 5.65 Å². The fourth-order valence-electron chi connectivity index (χ4n) is 3.43. The summed E-state index contributed by atoms with van der Waals surface area (Å²) in [4.78, 5) is 28.0. The number of hydrogen-bond donors (Lipinski definition) is 3. The lowest BCUT2D eigenvalue weighted by Crippen LogP contribution is -2.31. The van der Waals surface area contributed by atoms with Gasteiger partial charge in [-0.05, 0) is 32.6 Å². The molecule has 1 aliphatic rings. The number of nitrogens with one attached hydrogen (secondary N) is 2. The third kappa shape index (κ3) is 4.54. The lowest BCUT2D eigenvalue weighted by Gasteiger charge is -2.16. The molecule has 1 saturated carbocycles. The number of fused-ring (bicyclic) bond motifs is 1. The first kappa shape index (κ1) is 21.5. The zero-order valence-corrected chi connectivity index (χ0v) is 16.0. The van der Waals surface area contributed by atoms with E-state index in [4.69, 9.17) is 5.73 Å². The summed E-state index contributed by atoms with van der Waals surface area (Å²) in [6, 6.07) is 1.61. The maximum atomic E-state index is 12.2. The van der Waals surface area contributed by atoms with Gasteiger partial charge in [0.05, 0.1) is 0 Å². The van der Waals surface area contributed by atoms with Crippen LogP contribution in [0.3, 0.4) is 0 Å². The molecule has 3 rings (SSSR count). The predicted molar refractivity (Wildman–Crippen MR) is 102 cm³/mol. The highest BCUT2D eigenvalue weighted by Gasteiger charge is 2.26. The number of nitrogens with zero attached hydrogens (tertiary/aromatic N) is 2. The van der Waals surface area contributed by atoms with Gasteiger partial charge >= 0.3 is 0 Å². The minimum absolute atomic E-state index is 0. The Morgan fingerprint density at radius 2 is 2.12 bits per heavy atom. The Kier molecular flexibility index (Phi) is 7.46. The van der Waals surface area contributed by atoms with Crippen molar-refractivity contribution in [3.8, 4) is 0 Å². The van der Waals surface area contributed by atoms with Crippen molar-refractivity contribution in [3.63, 3.8) is 0 Å². The molecular weight excluding hydrogens is 365 g/mol. The van der Waals surface area contributed by atoms with E-state index in [0.717, 1.165) is 36.2 Å². The molecule has 7 nitrogen and oxygen atoms in total. The van der Waals surface area contributed by atoms with Crippen molar-refractivity contribution in [2.24, 2.45) is 11.7 Å². The van der Waals surface area contributed by atoms with E-state index >= 15 is 0 Å². The number of amides is 1. The number of halogens is 2. The van der Waals surface area contributed by atoms with E-state index in [0.29, 0.717) is 24.5 Å². The van der Waals surface area contributed by atoms with Crippen molar-refractivity contribution in [3.05, 3.63) is 33.4 Å². The highest BCUT2D eigenvalue weighted by Crippen LogP contribution is 2.26. The average molecular weight is 390 g/mol. The van der Waals surface area contributed by atoms with Gasteiger partial charge in [0.25, 0.3) is 5.56 Å². The van der Waals surface area contributed by atoms with E-state index in [9.17, 15) is 9.59 Å². The molecule has 0 unspecified atom stereocenters. The van der Waals surface area contributed by atoms with Gasteiger partial charge in [0, 0.05) is 42.0 Å². The second-order valence-corrected chi connectivity index (χ2v) is 6.41. The first-order valence-electron chi connectivity index (χ1n) is 8.06. The number of rotatable bonds is 4. The summed E-state index contributed by atoms with van der Waals surface area (Å²) < 4.78 is 1.66. The SMILES string of the molecule is Cc1nc2cc(=O)[nH]n2c(C)c1CNC(=O)C[C@@H]1CCC[C@H]1N.Cl.Cl. The van der Waals surface area contributed by atoms with Crippen LogP contribution in [0.4, 0.5) is 0 Å². The quantitative estimate of drug-likeness (QED) is 0.738. The fourth-order valence-corrected chi connectivity index (χ4v) is 3.43. The average Bonchev–Trinajstić information content (AvgIpc) is 3.04. The second-order valence-electron chi connectivity index (χ2n) is 6.41. The minimum Gasteiger partial charge on any atom is -0.352 e. The number of H-pyrrole nitrogens is 1. The van der Waals surface area contributed by atoms with Crippen molar-refractivity contribution in [1.29, 1.82) is 0 Å². The topological polar surface area (TPSA) is 105 Å². The smallest absolute Gasteiger partial charge is 0.266 e. The molecule has 0 bridgehead atoms. The van der Waals surface area contributed by atoms with E-state index in [1.54, 1.807) is 4.52 Å². The molecule has 2 heterocycles. The molecule has 2 atom stereocenters. The van der Waals surface area contributed by atoms with Crippen LogP contribution in [-0.2, 0) is 11.3 Å². The van der Waals surface area contributed by atoms with Crippen molar-refractivity contribution in [2.75, 3.05) is 0 Å². The van der Waals surface area contributed by atoms with Crippen LogP contribution in [0.5, 0.6) is 0 Å². The molecule has 1 aliphatic carbocycles. The molecule has 2 aromatic heterocycles. The molecule has 0 radical (unpaired) electrons. The van der Waals surface area contributed by atoms with Gasteiger partial charge in [0.1, 0.15) is 0 Å². The van der Waals surface area contributed by atoms with Crippen molar-refractivity contribution < 1.29 is 4.79 Å². The number of aromatic nitrogens is 3. The van der Waals surface area contributed by atoms with Gasteiger partial charge in [-0.2, -0.15) is 0 Å². The van der Waals surface area contributed by atoms with Crippen LogP contribution in [0, 0.1) is 19.8 Å². The molecular formula is C16H25Cl2N5O2. The lowest BCUT2D eigenvalue weighted by molar-refractivity contribution is -0.122. The summed E-state index contributed by atoms with van der Waals surface area (Å²) in [7, 11) is 0. The van der Waals surface area contributed by atoms with E-state index in [-0.39, 0.29) is 42.3 Å². The number of carbonyl (C=O) groups is 1. The van der Waals surface area contributed by atoms with Gasteiger partial charge < -0.3 is 11.1 Å². The van der Waals surface area contributed by atoms with Crippen LogP contribution in [0.1, 0.15) is 42.6 Å². The third-order valence-corrected chi connectivity index (χ3v) is 4.83. The van der Waals surface area contributed by atoms with Crippen LogP contribution < -0.4 is 16.6 Å². The zero-order chi connectivity index (χ0) is 16.6. The number of aryl methyl sites for hydroxylation is 2. The standard InChI is InChI=1S/C16H23N5O2.2ClH/c1-9-12(10(2)21-14(19-9)7-16(23)20-21)8-18-15(22)6-11-4-3-5-13(11)17;;/h7,11,13H,3-6,8,17H2,1-2H3,(H,18,22)(H,20,23);2*1H/t11-,13+;;/m0../s1. The Balaban J connectivity index is 0.00000156. The first-order chi connectivity index (χ1) is 11.0. The first-order valence-corrected chi connectivity index (χ1v) is 8.06. The van der Waals surface area contributed by atoms with Crippen LogP contribution in [0.15, 0.2) is 10.9 Å². The van der Waals surface area contributed by atoms with Crippen LogP contribution in [0.2, 0.25) is 0 Å². The number of aromatic amines is 1. The monoisotopic (exact) mass is 389 g/mol. The number of nitrogens with two attached hydrogens (primary N) is 1. The maximum absolute atomic E-state index is 12.2. The maximum Gasteiger partial charge on any atom is 0.266 e. The predicted octanol–water partition coefficient (Wildman–Crippen LogP) is 1.62. The Hall–Kier alpha value is -1.57. The van der Waals surface area contributed by atoms with Crippen molar-refractivity contribution >= 4 is 36.4 Å². The van der Waals surface area contributed by atoms with Gasteiger partial charge in [-0.1, -0.05) is 6.42 Å². The van der Waals surface area contributed by atoms with E-state index < -0.39 is 0 Å². The van der Waals surface area contributed by atoms with Crippen LogP contribution in [0.25, 0.3) is 5.65 Å². The number of hydrogen-bond acceptors (Lipinski definition) is 4. The number of carbonyl (C=O) groups excluding carboxylic acids is 1. The molecule has 9 heteroatoms. The molecule has 0 saturated heterocycles. The molecule has 4 N–H and O–H groups in total. The minimum atomic E-state index is -0.184. The van der Waals surface area contributed by atoms with E-state index in [2.05, 4.69) is 15.4 Å². The van der Waals surface area contributed by atoms with Gasteiger partial charge in [-0.15, -0.1) is 24.8 Å². The molecule has 0 spiro atoms. The van der Waals surface area contributed by atoms with Gasteiger partial charge in [0.2, 0.25) is 5.91 Å². The Bertz CT molecular complexity index is 802. The van der Waals surface area contributed by atoms with E-state index in [1.807, 2.05) is 13.8 Å². The summed E-state index contributed by atoms with van der Waals surface area (Å²) in [5.74, 6) is 0.311. The lowest BCUT2D eigenvalue weighted by atomic mass is 10.00. The normalized spacial score (nSPS) is 19.3. The largest absolute Gasteiger partial charge is 0.352 e. The Labute approximate surface area is 158 Å². The fraction of sp³-hybridized carbons (Fsp3) is 0.562. The zero-order valence-electron chi connectivity index (χ0n) is 14.4. The Morgan fingerprint density at radius 1 is 1.40 bits per heavy atom. The summed E-state index contributed by atoms with van der Waals surface area (Å²) in [6.45, 7) is 4.20. The van der Waals surface area contributed by atoms with E-state index in [1.165, 1.54) is 6.07 Å². The highest BCUT2D eigenvalue weighted by molar-refractivity contribution is 5.85. The molecule has 0 aliphatic heterocycles. The van der Waals surface area contributed by atoms with Crippen LogP contribution in [-0.4, -0.2) is 26.5 Å². The molecule has 2 aromatic rings. The molecule has 1 fully saturated rings. The van der Waals surface area contributed by atoms with Crippen molar-refractivity contribution in [2.45, 2.75) is 52.1 Å². The second kappa shape index (κ2) is 8.69. The molecule has 25 heavy (non-hydrogen) atoms. The molecule has 1 amide bonds. The summed E-state index contributed by atoms with van der Waals surface area (Å²) >= 11 is 0. The van der Waals surface area contributed by atoms with Crippen LogP contribution >= 0.6 is 24.8 Å². The summed E-state index contributed by atoms with van der Waals surface area (Å²) in [5, 5.41) is 5.68. The summed E-state index contributed by atoms with van der Waals surface area (Å²) in [5.41, 5.74) is 9.06. The van der Waals surface area contributed by atoms with Gasteiger partial charge in [-0.25, -0.2) is 9.50 Å². The third-order valence-electron chi connectivity index (χ3n) is 4.83. The summed E-state index contributed by atoms with van der Waals surface area (Å²) in [6.07, 6.45) is 3.64.